The summed E-state index contributed by atoms with van der Waals surface area (Å²) in [5, 5.41) is 10.2. The van der Waals surface area contributed by atoms with Crippen LogP contribution in [0.25, 0.3) is 0 Å². The Kier molecular flexibility index (Phi) is 5.05. The van der Waals surface area contributed by atoms with Gasteiger partial charge in [-0.3, -0.25) is 4.90 Å². The molecule has 2 unspecified atom stereocenters. The molecule has 0 saturated carbocycles. The Morgan fingerprint density at radius 3 is 2.87 bits per heavy atom. The van der Waals surface area contributed by atoms with Crippen LogP contribution in [0.1, 0.15) is 23.8 Å². The van der Waals surface area contributed by atoms with Crippen molar-refractivity contribution in [2.75, 3.05) is 19.8 Å². The van der Waals surface area contributed by atoms with Gasteiger partial charge in [0.15, 0.2) is 11.6 Å². The second-order valence-electron chi connectivity index (χ2n) is 5.71. The molecule has 0 radical (unpaired) electrons. The fraction of sp³-hybridized carbons (Fsp3) is 0.412. The molecule has 1 aromatic carbocycles. The summed E-state index contributed by atoms with van der Waals surface area (Å²) in [7, 11) is 0. The minimum Gasteiger partial charge on any atom is -0.467 e. The van der Waals surface area contributed by atoms with E-state index in [1.165, 1.54) is 12.3 Å². The Labute approximate surface area is 133 Å². The molecule has 2 aromatic rings. The molecule has 0 bridgehead atoms. The highest BCUT2D eigenvalue weighted by atomic mass is 19.2. The third-order valence-electron chi connectivity index (χ3n) is 4.09. The van der Waals surface area contributed by atoms with E-state index in [4.69, 9.17) is 9.15 Å². The second kappa shape index (κ2) is 7.21. The number of aliphatic hydroxyl groups excluding tert-OH is 1. The molecule has 3 rings (SSSR count). The maximum absolute atomic E-state index is 13.4. The summed E-state index contributed by atoms with van der Waals surface area (Å²) < 4.78 is 37.1. The molecule has 1 N–H and O–H groups in total. The summed E-state index contributed by atoms with van der Waals surface area (Å²) in [5.41, 5.74) is 0.697. The zero-order valence-electron chi connectivity index (χ0n) is 12.6. The van der Waals surface area contributed by atoms with E-state index in [-0.39, 0.29) is 6.04 Å². The smallest absolute Gasteiger partial charge is 0.159 e. The topological polar surface area (TPSA) is 45.8 Å². The van der Waals surface area contributed by atoms with Crippen molar-refractivity contribution < 1.29 is 23.0 Å². The molecule has 124 valence electrons. The first-order chi connectivity index (χ1) is 11.1. The predicted molar refractivity (Wildman–Crippen MR) is 79.7 cm³/mol. The average Bonchev–Trinajstić information content (AvgIpc) is 3.07. The standard InChI is InChI=1S/C17H19F2NO3/c18-14-4-3-12(8-15(14)19)10-20-5-7-22-11-13(20)9-16(21)17-2-1-6-23-17/h1-4,6,8,13,16,21H,5,7,9-11H2. The van der Waals surface area contributed by atoms with Crippen LogP contribution >= 0.6 is 0 Å². The molecule has 0 spiro atoms. The van der Waals surface area contributed by atoms with Crippen LogP contribution in [0.2, 0.25) is 0 Å². The van der Waals surface area contributed by atoms with Crippen molar-refractivity contribution in [3.63, 3.8) is 0 Å². The number of rotatable bonds is 5. The number of hydrogen-bond donors (Lipinski definition) is 1. The average molecular weight is 323 g/mol. The van der Waals surface area contributed by atoms with Gasteiger partial charge in [-0.25, -0.2) is 8.78 Å². The number of morpholine rings is 1. The zero-order chi connectivity index (χ0) is 16.2. The van der Waals surface area contributed by atoms with E-state index < -0.39 is 17.7 Å². The van der Waals surface area contributed by atoms with Gasteiger partial charge in [-0.2, -0.15) is 0 Å². The summed E-state index contributed by atoms with van der Waals surface area (Å²) in [5.74, 6) is -1.17. The van der Waals surface area contributed by atoms with Crippen molar-refractivity contribution in [3.8, 4) is 0 Å². The lowest BCUT2D eigenvalue weighted by atomic mass is 10.0. The summed E-state index contributed by atoms with van der Waals surface area (Å²) in [6.45, 7) is 2.23. The maximum atomic E-state index is 13.4. The second-order valence-corrected chi connectivity index (χ2v) is 5.71. The molecule has 1 saturated heterocycles. The van der Waals surface area contributed by atoms with Crippen LogP contribution in [0.4, 0.5) is 8.78 Å². The van der Waals surface area contributed by atoms with E-state index in [0.29, 0.717) is 44.0 Å². The van der Waals surface area contributed by atoms with Crippen LogP contribution in [-0.2, 0) is 11.3 Å². The number of aliphatic hydroxyl groups is 1. The van der Waals surface area contributed by atoms with Crippen molar-refractivity contribution in [2.24, 2.45) is 0 Å². The van der Waals surface area contributed by atoms with Crippen LogP contribution in [0.3, 0.4) is 0 Å². The highest BCUT2D eigenvalue weighted by molar-refractivity contribution is 5.18. The first-order valence-electron chi connectivity index (χ1n) is 7.60. The zero-order valence-corrected chi connectivity index (χ0v) is 12.6. The van der Waals surface area contributed by atoms with Gasteiger partial charge in [-0.05, 0) is 36.2 Å². The highest BCUT2D eigenvalue weighted by Gasteiger charge is 2.27. The van der Waals surface area contributed by atoms with Crippen LogP contribution in [0, 0.1) is 11.6 Å². The third kappa shape index (κ3) is 3.96. The molecular weight excluding hydrogens is 304 g/mol. The molecule has 1 fully saturated rings. The van der Waals surface area contributed by atoms with Gasteiger partial charge in [-0.15, -0.1) is 0 Å². The van der Waals surface area contributed by atoms with Gasteiger partial charge in [0, 0.05) is 19.1 Å². The Morgan fingerprint density at radius 2 is 2.13 bits per heavy atom. The van der Waals surface area contributed by atoms with Crippen LogP contribution < -0.4 is 0 Å². The Morgan fingerprint density at radius 1 is 1.26 bits per heavy atom. The van der Waals surface area contributed by atoms with Crippen LogP contribution in [0.5, 0.6) is 0 Å². The molecule has 1 aromatic heterocycles. The fourth-order valence-electron chi connectivity index (χ4n) is 2.84. The van der Waals surface area contributed by atoms with Gasteiger partial charge < -0.3 is 14.3 Å². The largest absolute Gasteiger partial charge is 0.467 e. The van der Waals surface area contributed by atoms with Gasteiger partial charge in [0.2, 0.25) is 0 Å². The number of nitrogens with zero attached hydrogens (tertiary/aromatic N) is 1. The summed E-state index contributed by atoms with van der Waals surface area (Å²) in [6, 6.07) is 7.37. The SMILES string of the molecule is OC(CC1COCCN1Cc1ccc(F)c(F)c1)c1ccco1. The van der Waals surface area contributed by atoms with E-state index in [2.05, 4.69) is 4.90 Å². The van der Waals surface area contributed by atoms with E-state index in [1.807, 2.05) is 0 Å². The lowest BCUT2D eigenvalue weighted by Crippen LogP contribution is -2.45. The number of furan rings is 1. The first-order valence-corrected chi connectivity index (χ1v) is 7.60. The molecule has 0 aliphatic carbocycles. The monoisotopic (exact) mass is 323 g/mol. The Balaban J connectivity index is 1.67. The quantitative estimate of drug-likeness (QED) is 0.919. The third-order valence-corrected chi connectivity index (χ3v) is 4.09. The summed E-state index contributed by atoms with van der Waals surface area (Å²) >= 11 is 0. The van der Waals surface area contributed by atoms with E-state index >= 15 is 0 Å². The van der Waals surface area contributed by atoms with Gasteiger partial charge in [0.1, 0.15) is 11.9 Å². The van der Waals surface area contributed by atoms with E-state index in [9.17, 15) is 13.9 Å². The molecule has 6 heteroatoms. The lowest BCUT2D eigenvalue weighted by molar-refractivity contribution is -0.0323. The minimum absolute atomic E-state index is 0.0167. The van der Waals surface area contributed by atoms with Gasteiger partial charge in [0.25, 0.3) is 0 Å². The molecule has 1 aliphatic rings. The molecule has 1 aliphatic heterocycles. The molecule has 2 atom stereocenters. The van der Waals surface area contributed by atoms with E-state index in [1.54, 1.807) is 18.2 Å². The van der Waals surface area contributed by atoms with Crippen LogP contribution in [0.15, 0.2) is 41.0 Å². The summed E-state index contributed by atoms with van der Waals surface area (Å²) in [4.78, 5) is 2.11. The van der Waals surface area contributed by atoms with Gasteiger partial charge in [0.05, 0.1) is 19.5 Å². The van der Waals surface area contributed by atoms with E-state index in [0.717, 1.165) is 6.07 Å². The molecule has 23 heavy (non-hydrogen) atoms. The first kappa shape index (κ1) is 16.1. The number of hydrogen-bond acceptors (Lipinski definition) is 4. The Hall–Kier alpha value is -1.76. The number of halogens is 2. The molecule has 2 heterocycles. The molecular formula is C17H19F2NO3. The fourth-order valence-corrected chi connectivity index (χ4v) is 2.84. The van der Waals surface area contributed by atoms with Crippen molar-refractivity contribution in [1.29, 1.82) is 0 Å². The van der Waals surface area contributed by atoms with Crippen molar-refractivity contribution in [1.82, 2.24) is 4.90 Å². The normalized spacial score (nSPS) is 20.6. The maximum Gasteiger partial charge on any atom is 0.159 e. The van der Waals surface area contributed by atoms with Crippen molar-refractivity contribution >= 4 is 0 Å². The van der Waals surface area contributed by atoms with Crippen molar-refractivity contribution in [3.05, 3.63) is 59.6 Å². The predicted octanol–water partition coefficient (Wildman–Crippen LogP) is 2.88. The van der Waals surface area contributed by atoms with Crippen molar-refractivity contribution in [2.45, 2.75) is 25.1 Å². The summed E-state index contributed by atoms with van der Waals surface area (Å²) in [6.07, 6.45) is 1.26. The minimum atomic E-state index is -0.847. The molecule has 0 amide bonds. The van der Waals surface area contributed by atoms with Gasteiger partial charge >= 0.3 is 0 Å². The van der Waals surface area contributed by atoms with Crippen LogP contribution in [-0.4, -0.2) is 35.8 Å². The number of ether oxygens (including phenoxy) is 1. The Bertz CT molecular complexity index is 633. The molecule has 4 nitrogen and oxygen atoms in total. The highest BCUT2D eigenvalue weighted by Crippen LogP contribution is 2.24. The number of benzene rings is 1. The van der Waals surface area contributed by atoms with Gasteiger partial charge in [-0.1, -0.05) is 6.07 Å². The lowest BCUT2D eigenvalue weighted by Gasteiger charge is -2.36.